The standard InChI is InChI=1S/C10H9FN2/c11-9-6-3-5-8(10(9)13)4-1-2-7-12/h1,3-6H,2,13H2. The van der Waals surface area contributed by atoms with Crippen molar-refractivity contribution in [3.8, 4) is 6.07 Å². The molecule has 0 spiro atoms. The van der Waals surface area contributed by atoms with Crippen LogP contribution >= 0.6 is 0 Å². The SMILES string of the molecule is N#CCC=Cc1cccc(F)c1N. The van der Waals surface area contributed by atoms with E-state index in [9.17, 15) is 4.39 Å². The van der Waals surface area contributed by atoms with Gasteiger partial charge in [-0.05, 0) is 6.07 Å². The van der Waals surface area contributed by atoms with Gasteiger partial charge in [0.05, 0.1) is 18.2 Å². The summed E-state index contributed by atoms with van der Waals surface area (Å²) in [6, 6.07) is 6.53. The molecule has 0 amide bonds. The van der Waals surface area contributed by atoms with Gasteiger partial charge < -0.3 is 5.73 Å². The average Bonchev–Trinajstić information content (AvgIpc) is 2.13. The van der Waals surface area contributed by atoms with Crippen LogP contribution in [0.2, 0.25) is 0 Å². The normalized spacial score (nSPS) is 10.2. The molecule has 66 valence electrons. The Morgan fingerprint density at radius 1 is 1.54 bits per heavy atom. The van der Waals surface area contributed by atoms with E-state index in [1.807, 2.05) is 6.07 Å². The molecule has 0 bridgehead atoms. The zero-order valence-corrected chi connectivity index (χ0v) is 7.00. The topological polar surface area (TPSA) is 49.8 Å². The van der Waals surface area contributed by atoms with Gasteiger partial charge >= 0.3 is 0 Å². The van der Waals surface area contributed by atoms with Crippen molar-refractivity contribution in [1.29, 1.82) is 5.26 Å². The molecule has 0 radical (unpaired) electrons. The molecule has 0 atom stereocenters. The van der Waals surface area contributed by atoms with Crippen LogP contribution in [0.5, 0.6) is 0 Å². The fraction of sp³-hybridized carbons (Fsp3) is 0.100. The zero-order valence-electron chi connectivity index (χ0n) is 7.00. The summed E-state index contributed by atoms with van der Waals surface area (Å²) >= 11 is 0. The molecule has 0 aliphatic heterocycles. The van der Waals surface area contributed by atoms with E-state index in [0.717, 1.165) is 0 Å². The fourth-order valence-electron chi connectivity index (χ4n) is 0.938. The van der Waals surface area contributed by atoms with Gasteiger partial charge in [-0.3, -0.25) is 0 Å². The van der Waals surface area contributed by atoms with E-state index in [-0.39, 0.29) is 5.69 Å². The van der Waals surface area contributed by atoms with Gasteiger partial charge in [0.25, 0.3) is 0 Å². The first-order valence-corrected chi connectivity index (χ1v) is 3.83. The number of anilines is 1. The highest BCUT2D eigenvalue weighted by Crippen LogP contribution is 2.16. The van der Waals surface area contributed by atoms with Crippen molar-refractivity contribution in [1.82, 2.24) is 0 Å². The molecule has 3 heteroatoms. The van der Waals surface area contributed by atoms with E-state index >= 15 is 0 Å². The molecule has 0 saturated heterocycles. The molecular formula is C10H9FN2. The van der Waals surface area contributed by atoms with Crippen molar-refractivity contribution in [3.63, 3.8) is 0 Å². The maximum absolute atomic E-state index is 12.9. The molecular weight excluding hydrogens is 167 g/mol. The van der Waals surface area contributed by atoms with Crippen molar-refractivity contribution >= 4 is 11.8 Å². The lowest BCUT2D eigenvalue weighted by molar-refractivity contribution is 0.632. The second-order valence-electron chi connectivity index (χ2n) is 2.51. The number of nitriles is 1. The quantitative estimate of drug-likeness (QED) is 0.703. The van der Waals surface area contributed by atoms with Crippen LogP contribution in [0.4, 0.5) is 10.1 Å². The molecule has 0 aliphatic rings. The second kappa shape index (κ2) is 4.27. The zero-order chi connectivity index (χ0) is 9.68. The van der Waals surface area contributed by atoms with E-state index in [1.54, 1.807) is 24.3 Å². The van der Waals surface area contributed by atoms with Crippen molar-refractivity contribution in [2.75, 3.05) is 5.73 Å². The Kier molecular flexibility index (Phi) is 3.04. The van der Waals surface area contributed by atoms with Crippen LogP contribution in [-0.4, -0.2) is 0 Å². The predicted octanol–water partition coefficient (Wildman–Crippen LogP) is 2.33. The van der Waals surface area contributed by atoms with Gasteiger partial charge in [0, 0.05) is 5.56 Å². The molecule has 0 heterocycles. The van der Waals surface area contributed by atoms with Crippen molar-refractivity contribution in [2.24, 2.45) is 0 Å². The third-order valence-electron chi connectivity index (χ3n) is 1.59. The van der Waals surface area contributed by atoms with E-state index in [2.05, 4.69) is 0 Å². The maximum atomic E-state index is 12.9. The van der Waals surface area contributed by atoms with Crippen LogP contribution in [-0.2, 0) is 0 Å². The molecule has 1 aromatic rings. The molecule has 1 rings (SSSR count). The van der Waals surface area contributed by atoms with E-state index in [0.29, 0.717) is 12.0 Å². The van der Waals surface area contributed by atoms with Crippen LogP contribution in [0.15, 0.2) is 24.3 Å². The lowest BCUT2D eigenvalue weighted by Crippen LogP contribution is -1.92. The molecule has 0 aromatic heterocycles. The van der Waals surface area contributed by atoms with E-state index < -0.39 is 5.82 Å². The van der Waals surface area contributed by atoms with E-state index in [1.165, 1.54) is 6.07 Å². The van der Waals surface area contributed by atoms with Gasteiger partial charge in [-0.2, -0.15) is 5.26 Å². The number of nitrogens with two attached hydrogens (primary N) is 1. The third-order valence-corrected chi connectivity index (χ3v) is 1.59. The summed E-state index contributed by atoms with van der Waals surface area (Å²) in [6.45, 7) is 0. The van der Waals surface area contributed by atoms with Gasteiger partial charge in [0.1, 0.15) is 5.82 Å². The Hall–Kier alpha value is -1.82. The lowest BCUT2D eigenvalue weighted by atomic mass is 10.1. The highest BCUT2D eigenvalue weighted by Gasteiger charge is 1.99. The number of nitrogens with zero attached hydrogens (tertiary/aromatic N) is 1. The van der Waals surface area contributed by atoms with Crippen molar-refractivity contribution in [3.05, 3.63) is 35.7 Å². The summed E-state index contributed by atoms with van der Waals surface area (Å²) in [6.07, 6.45) is 3.59. The summed E-state index contributed by atoms with van der Waals surface area (Å²) in [7, 11) is 0. The van der Waals surface area contributed by atoms with Gasteiger partial charge in [0.2, 0.25) is 0 Å². The fourth-order valence-corrected chi connectivity index (χ4v) is 0.938. The number of hydrogen-bond acceptors (Lipinski definition) is 2. The Morgan fingerprint density at radius 2 is 2.31 bits per heavy atom. The molecule has 0 unspecified atom stereocenters. The third kappa shape index (κ3) is 2.31. The maximum Gasteiger partial charge on any atom is 0.146 e. The molecule has 13 heavy (non-hydrogen) atoms. The monoisotopic (exact) mass is 176 g/mol. The summed E-state index contributed by atoms with van der Waals surface area (Å²) in [5.41, 5.74) is 6.18. The minimum Gasteiger partial charge on any atom is -0.396 e. The number of hydrogen-bond donors (Lipinski definition) is 1. The van der Waals surface area contributed by atoms with Crippen LogP contribution in [0.3, 0.4) is 0 Å². The second-order valence-corrected chi connectivity index (χ2v) is 2.51. The first-order chi connectivity index (χ1) is 6.25. The number of halogens is 1. The molecule has 2 nitrogen and oxygen atoms in total. The molecule has 1 aromatic carbocycles. The smallest absolute Gasteiger partial charge is 0.146 e. The molecule has 0 fully saturated rings. The number of rotatable bonds is 2. The first kappa shape index (κ1) is 9.27. The Bertz CT molecular complexity index is 364. The Labute approximate surface area is 76.1 Å². The lowest BCUT2D eigenvalue weighted by Gasteiger charge is -1.99. The largest absolute Gasteiger partial charge is 0.396 e. The van der Waals surface area contributed by atoms with Crippen molar-refractivity contribution in [2.45, 2.75) is 6.42 Å². The van der Waals surface area contributed by atoms with Crippen LogP contribution in [0.25, 0.3) is 6.08 Å². The summed E-state index contributed by atoms with van der Waals surface area (Å²) < 4.78 is 12.9. The van der Waals surface area contributed by atoms with Gasteiger partial charge in [0.15, 0.2) is 0 Å². The minimum absolute atomic E-state index is 0.122. The molecule has 2 N–H and O–H groups in total. The predicted molar refractivity (Wildman–Crippen MR) is 50.1 cm³/mol. The van der Waals surface area contributed by atoms with Crippen LogP contribution < -0.4 is 5.73 Å². The van der Waals surface area contributed by atoms with Gasteiger partial charge in [-0.1, -0.05) is 24.3 Å². The average molecular weight is 176 g/mol. The number of para-hydroxylation sites is 1. The number of benzene rings is 1. The molecule has 0 aliphatic carbocycles. The summed E-state index contributed by atoms with van der Waals surface area (Å²) in [4.78, 5) is 0. The van der Waals surface area contributed by atoms with E-state index in [4.69, 9.17) is 11.0 Å². The Balaban J connectivity index is 2.90. The van der Waals surface area contributed by atoms with Crippen LogP contribution in [0, 0.1) is 17.1 Å². The first-order valence-electron chi connectivity index (χ1n) is 3.83. The minimum atomic E-state index is -0.431. The van der Waals surface area contributed by atoms with Crippen LogP contribution in [0.1, 0.15) is 12.0 Å². The highest BCUT2D eigenvalue weighted by atomic mass is 19.1. The molecule has 0 saturated carbocycles. The van der Waals surface area contributed by atoms with Gasteiger partial charge in [-0.25, -0.2) is 4.39 Å². The number of allylic oxidation sites excluding steroid dienone is 1. The number of nitrogen functional groups attached to an aromatic ring is 1. The summed E-state index contributed by atoms with van der Waals surface area (Å²) in [5.74, 6) is -0.431. The highest BCUT2D eigenvalue weighted by molar-refractivity contribution is 5.64. The summed E-state index contributed by atoms with van der Waals surface area (Å²) in [5, 5.41) is 8.26. The Morgan fingerprint density at radius 3 is 3.00 bits per heavy atom. The van der Waals surface area contributed by atoms with Gasteiger partial charge in [-0.15, -0.1) is 0 Å². The van der Waals surface area contributed by atoms with Crippen molar-refractivity contribution < 1.29 is 4.39 Å².